The number of allylic oxidation sites excluding steroid dienone is 3. The zero-order valence-corrected chi connectivity index (χ0v) is 18.0. The molecule has 0 saturated carbocycles. The lowest BCUT2D eigenvalue weighted by Crippen LogP contribution is -2.48. The van der Waals surface area contributed by atoms with Crippen LogP contribution in [0, 0.1) is 0 Å². The van der Waals surface area contributed by atoms with Crippen LogP contribution in [0.25, 0.3) is 21.1 Å². The van der Waals surface area contributed by atoms with E-state index in [1.807, 2.05) is 41.3 Å². The maximum absolute atomic E-state index is 14.2. The number of hydrogen-bond acceptors (Lipinski definition) is 6. The van der Waals surface area contributed by atoms with E-state index in [0.29, 0.717) is 48.9 Å². The number of benzene rings is 1. The number of nitrogen functional groups attached to an aromatic ring is 1. The molecular formula is C23H23FN4O2S. The van der Waals surface area contributed by atoms with Crippen molar-refractivity contribution in [3.8, 4) is 5.75 Å². The van der Waals surface area contributed by atoms with Crippen LogP contribution in [0.5, 0.6) is 5.75 Å². The molecule has 1 aliphatic carbocycles. The van der Waals surface area contributed by atoms with Gasteiger partial charge in [0.05, 0.1) is 24.0 Å². The van der Waals surface area contributed by atoms with E-state index in [1.54, 1.807) is 12.0 Å². The highest BCUT2D eigenvalue weighted by Gasteiger charge is 2.27. The normalized spacial score (nSPS) is 17.1. The summed E-state index contributed by atoms with van der Waals surface area (Å²) in [5.41, 5.74) is 8.34. The van der Waals surface area contributed by atoms with Gasteiger partial charge in [-0.25, -0.2) is 9.37 Å². The van der Waals surface area contributed by atoms with Crippen LogP contribution in [0.15, 0.2) is 47.9 Å². The molecule has 8 heteroatoms. The number of hydrogen-bond donors (Lipinski definition) is 1. The first-order valence-electron chi connectivity index (χ1n) is 10.3. The summed E-state index contributed by atoms with van der Waals surface area (Å²) in [7, 11) is 1.62. The number of anilines is 1. The number of nitrogens with zero attached hydrogens (tertiary/aromatic N) is 3. The molecule has 5 rings (SSSR count). The van der Waals surface area contributed by atoms with Gasteiger partial charge < -0.3 is 20.3 Å². The topological polar surface area (TPSA) is 71.7 Å². The third-order valence-electron chi connectivity index (χ3n) is 5.91. The minimum absolute atomic E-state index is 0.0641. The molecule has 160 valence electrons. The number of aromatic nitrogens is 1. The van der Waals surface area contributed by atoms with E-state index in [0.717, 1.165) is 33.3 Å². The van der Waals surface area contributed by atoms with Crippen molar-refractivity contribution in [1.29, 1.82) is 0 Å². The second-order valence-electron chi connectivity index (χ2n) is 7.76. The van der Waals surface area contributed by atoms with E-state index in [4.69, 9.17) is 15.5 Å². The summed E-state index contributed by atoms with van der Waals surface area (Å²) >= 11 is 1.33. The van der Waals surface area contributed by atoms with Crippen LogP contribution in [0.2, 0.25) is 0 Å². The van der Waals surface area contributed by atoms with Crippen molar-refractivity contribution >= 4 is 44.1 Å². The molecule has 0 radical (unpaired) electrons. The number of halogens is 1. The summed E-state index contributed by atoms with van der Waals surface area (Å²) in [6.07, 6.45) is 5.05. The van der Waals surface area contributed by atoms with E-state index in [-0.39, 0.29) is 11.7 Å². The molecule has 0 spiro atoms. The summed E-state index contributed by atoms with van der Waals surface area (Å²) < 4.78 is 19.5. The molecule has 2 aromatic heterocycles. The molecule has 3 aromatic rings. The van der Waals surface area contributed by atoms with Crippen molar-refractivity contribution in [1.82, 2.24) is 14.8 Å². The number of carbonyl (C=O) groups excluding carboxylic acids is 1. The van der Waals surface area contributed by atoms with Crippen molar-refractivity contribution in [3.05, 3.63) is 52.8 Å². The number of pyridine rings is 1. The zero-order chi connectivity index (χ0) is 21.5. The average molecular weight is 439 g/mol. The Labute approximate surface area is 183 Å². The first-order valence-corrected chi connectivity index (χ1v) is 11.1. The van der Waals surface area contributed by atoms with Gasteiger partial charge >= 0.3 is 0 Å². The number of fused-ring (bicyclic) bond motifs is 2. The lowest BCUT2D eigenvalue weighted by molar-refractivity contribution is 0.0676. The Kier molecular flexibility index (Phi) is 5.02. The predicted molar refractivity (Wildman–Crippen MR) is 122 cm³/mol. The monoisotopic (exact) mass is 438 g/mol. The van der Waals surface area contributed by atoms with E-state index < -0.39 is 0 Å². The van der Waals surface area contributed by atoms with Crippen LogP contribution in [-0.4, -0.2) is 54.0 Å². The molecule has 1 amide bonds. The summed E-state index contributed by atoms with van der Waals surface area (Å²) in [6.45, 7) is 2.27. The third-order valence-corrected chi connectivity index (χ3v) is 7.01. The average Bonchev–Trinajstić information content (AvgIpc) is 3.12. The zero-order valence-electron chi connectivity index (χ0n) is 17.2. The second-order valence-corrected chi connectivity index (χ2v) is 8.75. The van der Waals surface area contributed by atoms with Gasteiger partial charge in [-0.1, -0.05) is 6.08 Å². The molecule has 3 heterocycles. The molecule has 2 N–H and O–H groups in total. The van der Waals surface area contributed by atoms with Crippen molar-refractivity contribution in [2.75, 3.05) is 39.0 Å². The maximum Gasteiger partial charge on any atom is 0.266 e. The Bertz CT molecular complexity index is 1240. The number of carbonyl (C=O) groups is 1. The smallest absolute Gasteiger partial charge is 0.266 e. The van der Waals surface area contributed by atoms with Gasteiger partial charge in [0.15, 0.2) is 0 Å². The Balaban J connectivity index is 1.39. The maximum atomic E-state index is 14.2. The van der Waals surface area contributed by atoms with Gasteiger partial charge in [0.1, 0.15) is 21.3 Å². The van der Waals surface area contributed by atoms with Gasteiger partial charge in [0.25, 0.3) is 5.91 Å². The molecule has 1 aliphatic heterocycles. The highest BCUT2D eigenvalue weighted by Crippen LogP contribution is 2.36. The van der Waals surface area contributed by atoms with Gasteiger partial charge in [-0.2, -0.15) is 0 Å². The van der Waals surface area contributed by atoms with E-state index in [1.165, 1.54) is 11.3 Å². The summed E-state index contributed by atoms with van der Waals surface area (Å²) in [4.78, 5) is 23.0. The first kappa shape index (κ1) is 19.8. The minimum Gasteiger partial charge on any atom is -0.497 e. The highest BCUT2D eigenvalue weighted by molar-refractivity contribution is 7.21. The molecule has 0 atom stereocenters. The Hall–Kier alpha value is -3.13. The first-order chi connectivity index (χ1) is 15.0. The number of amides is 1. The number of methoxy groups -OCH3 is 1. The second kappa shape index (κ2) is 7.85. The van der Waals surface area contributed by atoms with E-state index >= 15 is 0 Å². The quantitative estimate of drug-likeness (QED) is 0.659. The van der Waals surface area contributed by atoms with Crippen LogP contribution < -0.4 is 10.5 Å². The van der Waals surface area contributed by atoms with Crippen molar-refractivity contribution in [3.63, 3.8) is 0 Å². The summed E-state index contributed by atoms with van der Waals surface area (Å²) in [6, 6.07) is 7.64. The summed E-state index contributed by atoms with van der Waals surface area (Å²) in [5.74, 6) is 0.595. The Morgan fingerprint density at radius 2 is 2.03 bits per heavy atom. The largest absolute Gasteiger partial charge is 0.497 e. The molecule has 31 heavy (non-hydrogen) atoms. The fourth-order valence-electron chi connectivity index (χ4n) is 4.16. The van der Waals surface area contributed by atoms with Gasteiger partial charge in [0, 0.05) is 43.4 Å². The molecule has 0 bridgehead atoms. The predicted octanol–water partition coefficient (Wildman–Crippen LogP) is 4.33. The van der Waals surface area contributed by atoms with Gasteiger partial charge in [-0.05, 0) is 36.8 Å². The molecule has 0 unspecified atom stereocenters. The molecule has 1 aromatic carbocycles. The lowest BCUT2D eigenvalue weighted by Gasteiger charge is -2.37. The number of ether oxygens (including phenoxy) is 1. The van der Waals surface area contributed by atoms with Gasteiger partial charge in [-0.15, -0.1) is 11.3 Å². The van der Waals surface area contributed by atoms with Crippen LogP contribution >= 0.6 is 11.3 Å². The lowest BCUT2D eigenvalue weighted by atomic mass is 10.1. The van der Waals surface area contributed by atoms with Gasteiger partial charge in [-0.3, -0.25) is 4.79 Å². The summed E-state index contributed by atoms with van der Waals surface area (Å²) in [5, 5.41) is 1.70. The molecule has 2 aliphatic rings. The number of nitrogens with two attached hydrogens (primary N) is 1. The number of rotatable bonds is 3. The molecular weight excluding hydrogens is 415 g/mol. The molecule has 1 fully saturated rings. The standard InChI is InChI=1S/C23H23FN4O2S/c1-30-15-6-7-18-14(12-15)13-16-20(25)21(31-22(16)26-18)23(29)28-10-8-27(9-11-28)19-5-3-2-4-17(19)24/h3,5-7,12-13H,2,4,8-11,25H2,1H3. The van der Waals surface area contributed by atoms with Crippen LogP contribution in [0.3, 0.4) is 0 Å². The number of thiophene rings is 1. The Morgan fingerprint density at radius 3 is 2.77 bits per heavy atom. The number of piperazine rings is 1. The van der Waals surface area contributed by atoms with Gasteiger partial charge in [0.2, 0.25) is 0 Å². The molecule has 1 saturated heterocycles. The van der Waals surface area contributed by atoms with Crippen LogP contribution in [0.4, 0.5) is 10.1 Å². The van der Waals surface area contributed by atoms with Crippen molar-refractivity contribution in [2.45, 2.75) is 12.8 Å². The highest BCUT2D eigenvalue weighted by atomic mass is 32.1. The van der Waals surface area contributed by atoms with Crippen LogP contribution in [0.1, 0.15) is 22.5 Å². The Morgan fingerprint density at radius 1 is 1.23 bits per heavy atom. The van der Waals surface area contributed by atoms with E-state index in [2.05, 4.69) is 0 Å². The third kappa shape index (κ3) is 3.50. The minimum atomic E-state index is -0.0876. The molecule has 6 nitrogen and oxygen atoms in total. The SMILES string of the molecule is COc1ccc2nc3sc(C(=O)N4CCN(C5=C(F)CCC=C5)CC4)c(N)c3cc2c1. The van der Waals surface area contributed by atoms with E-state index in [9.17, 15) is 9.18 Å². The fraction of sp³-hybridized carbons (Fsp3) is 0.304. The van der Waals surface area contributed by atoms with Crippen LogP contribution in [-0.2, 0) is 0 Å². The fourth-order valence-corrected chi connectivity index (χ4v) is 5.21. The van der Waals surface area contributed by atoms with Crippen molar-refractivity contribution in [2.24, 2.45) is 0 Å². The van der Waals surface area contributed by atoms with Crippen molar-refractivity contribution < 1.29 is 13.9 Å².